The molecule has 0 bridgehead atoms. The summed E-state index contributed by atoms with van der Waals surface area (Å²) in [6.07, 6.45) is 0.789. The Balaban J connectivity index is 1.78. The molecule has 0 aromatic carbocycles. The summed E-state index contributed by atoms with van der Waals surface area (Å²) in [6, 6.07) is 0.418. The van der Waals surface area contributed by atoms with Gasteiger partial charge in [-0.1, -0.05) is 0 Å². The quantitative estimate of drug-likeness (QED) is 0.838. The lowest BCUT2D eigenvalue weighted by Gasteiger charge is -2.48. The largest absolute Gasteiger partial charge is 0.444 e. The Morgan fingerprint density at radius 3 is 2.25 bits per heavy atom. The first-order valence-corrected chi connectivity index (χ1v) is 7.50. The third kappa shape index (κ3) is 3.64. The van der Waals surface area contributed by atoms with Crippen molar-refractivity contribution in [3.63, 3.8) is 0 Å². The molecule has 0 aromatic heterocycles. The van der Waals surface area contributed by atoms with E-state index in [0.717, 1.165) is 32.6 Å². The highest BCUT2D eigenvalue weighted by atomic mass is 16.6. The third-order valence-corrected chi connectivity index (χ3v) is 4.24. The molecular formula is C15H28N2O3. The van der Waals surface area contributed by atoms with Gasteiger partial charge in [-0.25, -0.2) is 4.79 Å². The van der Waals surface area contributed by atoms with Crippen molar-refractivity contribution in [3.05, 3.63) is 0 Å². The van der Waals surface area contributed by atoms with Crippen LogP contribution < -0.4 is 0 Å². The van der Waals surface area contributed by atoms with Gasteiger partial charge in [0.25, 0.3) is 0 Å². The number of rotatable bonds is 2. The lowest BCUT2D eigenvalue weighted by atomic mass is 9.83. The summed E-state index contributed by atoms with van der Waals surface area (Å²) in [4.78, 5) is 16.2. The molecule has 5 nitrogen and oxygen atoms in total. The van der Waals surface area contributed by atoms with Gasteiger partial charge in [-0.3, -0.25) is 4.90 Å². The second-order valence-corrected chi connectivity index (χ2v) is 7.67. The Bertz CT molecular complexity index is 364. The normalized spacial score (nSPS) is 25.7. The first kappa shape index (κ1) is 15.6. The predicted octanol–water partition coefficient (Wildman–Crippen LogP) is 1.70. The number of carbonyl (C=O) groups is 1. The van der Waals surface area contributed by atoms with E-state index in [2.05, 4.69) is 4.90 Å². The molecule has 0 unspecified atom stereocenters. The minimum atomic E-state index is -0.597. The van der Waals surface area contributed by atoms with Crippen molar-refractivity contribution < 1.29 is 14.6 Å². The van der Waals surface area contributed by atoms with Crippen molar-refractivity contribution in [2.75, 3.05) is 26.2 Å². The standard InChI is InChI=1S/C15H28N2O3/c1-14(2,3)20-13(18)16-7-6-12(10-16)17-8-11(9-17)15(4,5)19/h11-12,19H,6-10H2,1-5H3/t12-/m1/s1. The van der Waals surface area contributed by atoms with Crippen LogP contribution in [-0.2, 0) is 4.74 Å². The van der Waals surface area contributed by atoms with Gasteiger partial charge in [-0.2, -0.15) is 0 Å². The summed E-state index contributed by atoms with van der Waals surface area (Å²) in [7, 11) is 0. The van der Waals surface area contributed by atoms with Crippen molar-refractivity contribution in [2.45, 2.75) is 58.3 Å². The van der Waals surface area contributed by atoms with Crippen molar-refractivity contribution in [2.24, 2.45) is 5.92 Å². The molecule has 2 aliphatic heterocycles. The fourth-order valence-electron chi connectivity index (χ4n) is 2.79. The molecule has 20 heavy (non-hydrogen) atoms. The van der Waals surface area contributed by atoms with Gasteiger partial charge in [0.1, 0.15) is 5.60 Å². The lowest BCUT2D eigenvalue weighted by Crippen LogP contribution is -2.59. The second-order valence-electron chi connectivity index (χ2n) is 7.67. The number of nitrogens with zero attached hydrogens (tertiary/aromatic N) is 2. The average molecular weight is 284 g/mol. The highest BCUT2D eigenvalue weighted by Gasteiger charge is 2.42. The Labute approximate surface area is 121 Å². The maximum Gasteiger partial charge on any atom is 0.410 e. The molecule has 0 aromatic rings. The van der Waals surface area contributed by atoms with Crippen molar-refractivity contribution in [1.82, 2.24) is 9.80 Å². The molecular weight excluding hydrogens is 256 g/mol. The fraction of sp³-hybridized carbons (Fsp3) is 0.933. The molecule has 2 aliphatic rings. The van der Waals surface area contributed by atoms with Crippen LogP contribution in [0.25, 0.3) is 0 Å². The van der Waals surface area contributed by atoms with E-state index >= 15 is 0 Å². The third-order valence-electron chi connectivity index (χ3n) is 4.24. The van der Waals surface area contributed by atoms with Gasteiger partial charge in [-0.05, 0) is 41.0 Å². The summed E-state index contributed by atoms with van der Waals surface area (Å²) in [5.74, 6) is 0.345. The molecule has 0 radical (unpaired) electrons. The summed E-state index contributed by atoms with van der Waals surface area (Å²) >= 11 is 0. The van der Waals surface area contributed by atoms with E-state index in [9.17, 15) is 9.90 Å². The van der Waals surface area contributed by atoms with Crippen LogP contribution in [0.1, 0.15) is 41.0 Å². The first-order chi connectivity index (χ1) is 9.06. The number of hydrogen-bond acceptors (Lipinski definition) is 4. The van der Waals surface area contributed by atoms with Crippen LogP contribution in [0.4, 0.5) is 4.79 Å². The summed E-state index contributed by atoms with van der Waals surface area (Å²) in [5.41, 5.74) is -1.03. The monoisotopic (exact) mass is 284 g/mol. The van der Waals surface area contributed by atoms with E-state index in [1.165, 1.54) is 0 Å². The van der Waals surface area contributed by atoms with E-state index in [1.54, 1.807) is 4.90 Å². The highest BCUT2D eigenvalue weighted by molar-refractivity contribution is 5.68. The molecule has 1 atom stereocenters. The fourth-order valence-corrected chi connectivity index (χ4v) is 2.79. The number of amides is 1. The molecule has 5 heteroatoms. The van der Waals surface area contributed by atoms with E-state index in [4.69, 9.17) is 4.74 Å². The average Bonchev–Trinajstić information content (AvgIpc) is 2.58. The number of aliphatic hydroxyl groups is 1. The van der Waals surface area contributed by atoms with Gasteiger partial charge in [0.2, 0.25) is 0 Å². The van der Waals surface area contributed by atoms with Gasteiger partial charge in [0.15, 0.2) is 0 Å². The molecule has 0 spiro atoms. The van der Waals surface area contributed by atoms with Gasteiger partial charge in [0.05, 0.1) is 5.60 Å². The summed E-state index contributed by atoms with van der Waals surface area (Å²) < 4.78 is 5.41. The molecule has 2 saturated heterocycles. The SMILES string of the molecule is CC(C)(C)OC(=O)N1CC[C@@H](N2CC(C(C)(C)O)C2)C1. The van der Waals surface area contributed by atoms with Gasteiger partial charge >= 0.3 is 6.09 Å². The number of hydrogen-bond donors (Lipinski definition) is 1. The molecule has 2 heterocycles. The van der Waals surface area contributed by atoms with Crippen LogP contribution in [0.5, 0.6) is 0 Å². The first-order valence-electron chi connectivity index (χ1n) is 7.50. The van der Waals surface area contributed by atoms with Crippen LogP contribution in [0.3, 0.4) is 0 Å². The van der Waals surface area contributed by atoms with E-state index < -0.39 is 11.2 Å². The lowest BCUT2D eigenvalue weighted by molar-refractivity contribution is -0.0752. The van der Waals surface area contributed by atoms with E-state index in [0.29, 0.717) is 12.0 Å². The number of likely N-dealkylation sites (tertiary alicyclic amines) is 2. The van der Waals surface area contributed by atoms with Crippen molar-refractivity contribution in [1.29, 1.82) is 0 Å². The molecule has 2 rings (SSSR count). The Morgan fingerprint density at radius 1 is 1.15 bits per heavy atom. The predicted molar refractivity (Wildman–Crippen MR) is 77.6 cm³/mol. The smallest absolute Gasteiger partial charge is 0.410 e. The Kier molecular flexibility index (Phi) is 4.04. The van der Waals surface area contributed by atoms with Crippen LogP contribution in [0.2, 0.25) is 0 Å². The number of ether oxygens (including phenoxy) is 1. The topological polar surface area (TPSA) is 53.0 Å². The zero-order chi connectivity index (χ0) is 15.1. The van der Waals surface area contributed by atoms with Crippen molar-refractivity contribution >= 4 is 6.09 Å². The van der Waals surface area contributed by atoms with Crippen LogP contribution in [-0.4, -0.2) is 64.4 Å². The van der Waals surface area contributed by atoms with Crippen LogP contribution in [0, 0.1) is 5.92 Å². The Hall–Kier alpha value is -0.810. The van der Waals surface area contributed by atoms with Gasteiger partial charge in [-0.15, -0.1) is 0 Å². The number of carbonyl (C=O) groups excluding carboxylic acids is 1. The minimum Gasteiger partial charge on any atom is -0.444 e. The zero-order valence-corrected chi connectivity index (χ0v) is 13.3. The maximum absolute atomic E-state index is 12.0. The van der Waals surface area contributed by atoms with Crippen LogP contribution in [0.15, 0.2) is 0 Å². The molecule has 0 aliphatic carbocycles. The van der Waals surface area contributed by atoms with Gasteiger partial charge in [0, 0.05) is 38.1 Å². The highest BCUT2D eigenvalue weighted by Crippen LogP contribution is 2.31. The molecule has 2 fully saturated rings. The van der Waals surface area contributed by atoms with Crippen molar-refractivity contribution in [3.8, 4) is 0 Å². The summed E-state index contributed by atoms with van der Waals surface area (Å²) in [5, 5.41) is 9.95. The van der Waals surface area contributed by atoms with E-state index in [-0.39, 0.29) is 6.09 Å². The molecule has 1 N–H and O–H groups in total. The molecule has 0 saturated carbocycles. The molecule has 1 amide bonds. The van der Waals surface area contributed by atoms with E-state index in [1.807, 2.05) is 34.6 Å². The Morgan fingerprint density at radius 2 is 1.75 bits per heavy atom. The minimum absolute atomic E-state index is 0.209. The maximum atomic E-state index is 12.0. The molecule has 116 valence electrons. The van der Waals surface area contributed by atoms with Gasteiger partial charge < -0.3 is 14.7 Å². The second kappa shape index (κ2) is 5.19. The van der Waals surface area contributed by atoms with Crippen LogP contribution >= 0.6 is 0 Å². The summed E-state index contributed by atoms with van der Waals surface area (Å²) in [6.45, 7) is 12.8. The zero-order valence-electron chi connectivity index (χ0n) is 13.3.